The summed E-state index contributed by atoms with van der Waals surface area (Å²) < 4.78 is 0. The molecule has 8 heteroatoms. The van der Waals surface area contributed by atoms with Gasteiger partial charge in [-0.3, -0.25) is 9.59 Å². The van der Waals surface area contributed by atoms with E-state index in [2.05, 4.69) is 5.32 Å². The van der Waals surface area contributed by atoms with Gasteiger partial charge in [-0.1, -0.05) is 73.8 Å². The van der Waals surface area contributed by atoms with Gasteiger partial charge >= 0.3 is 0 Å². The third-order valence-corrected chi connectivity index (χ3v) is 6.66. The number of halogens is 3. The van der Waals surface area contributed by atoms with Gasteiger partial charge in [0.15, 0.2) is 0 Å². The largest absolute Gasteiger partial charge is 0.354 e. The number of carbonyl (C=O) groups excluding carboxylic acids is 2. The Labute approximate surface area is 210 Å². The summed E-state index contributed by atoms with van der Waals surface area (Å²) in [5, 5.41) is 4.64. The van der Waals surface area contributed by atoms with Crippen molar-refractivity contribution in [2.75, 3.05) is 12.3 Å². The first-order valence-corrected chi connectivity index (χ1v) is 12.8. The summed E-state index contributed by atoms with van der Waals surface area (Å²) in [5.41, 5.74) is 1.84. The molecule has 2 aromatic rings. The van der Waals surface area contributed by atoms with Gasteiger partial charge in [-0.2, -0.15) is 0 Å². The topological polar surface area (TPSA) is 49.4 Å². The number of carbonyl (C=O) groups is 2. The number of benzene rings is 2. The average Bonchev–Trinajstić information content (AvgIpc) is 2.74. The number of nitrogens with one attached hydrogen (secondary N) is 1. The summed E-state index contributed by atoms with van der Waals surface area (Å²) >= 11 is 19.8. The van der Waals surface area contributed by atoms with Crippen LogP contribution in [0.15, 0.2) is 42.5 Å². The number of hydrogen-bond donors (Lipinski definition) is 1. The van der Waals surface area contributed by atoms with Crippen molar-refractivity contribution in [3.63, 3.8) is 0 Å². The van der Waals surface area contributed by atoms with E-state index in [1.807, 2.05) is 45.0 Å². The van der Waals surface area contributed by atoms with Gasteiger partial charge in [0, 0.05) is 33.9 Å². The highest BCUT2D eigenvalue weighted by Crippen LogP contribution is 2.24. The zero-order valence-corrected chi connectivity index (χ0v) is 21.6. The number of thioether (sulfide) groups is 1. The van der Waals surface area contributed by atoms with E-state index in [-0.39, 0.29) is 24.1 Å². The molecule has 1 N–H and O–H groups in total. The van der Waals surface area contributed by atoms with Crippen LogP contribution in [0, 0.1) is 5.92 Å². The molecule has 0 bridgehead atoms. The van der Waals surface area contributed by atoms with Crippen LogP contribution in [0.4, 0.5) is 0 Å². The molecule has 4 nitrogen and oxygen atoms in total. The van der Waals surface area contributed by atoms with Crippen LogP contribution in [0.5, 0.6) is 0 Å². The Morgan fingerprint density at radius 3 is 2.28 bits per heavy atom. The minimum atomic E-state index is -0.580. The van der Waals surface area contributed by atoms with Crippen LogP contribution in [-0.4, -0.2) is 35.1 Å². The maximum absolute atomic E-state index is 13.2. The smallest absolute Gasteiger partial charge is 0.242 e. The fourth-order valence-corrected chi connectivity index (χ4v) is 4.56. The van der Waals surface area contributed by atoms with E-state index < -0.39 is 6.04 Å². The first-order valence-electron chi connectivity index (χ1n) is 10.5. The molecule has 0 aliphatic heterocycles. The molecule has 0 spiro atoms. The molecule has 0 saturated heterocycles. The Morgan fingerprint density at radius 1 is 1.03 bits per heavy atom. The number of hydrogen-bond acceptors (Lipinski definition) is 3. The number of amides is 2. The van der Waals surface area contributed by atoms with Crippen molar-refractivity contribution in [2.24, 2.45) is 5.92 Å². The second-order valence-electron chi connectivity index (χ2n) is 7.94. The molecule has 2 rings (SSSR count). The van der Waals surface area contributed by atoms with Crippen LogP contribution in [-0.2, 0) is 21.9 Å². The summed E-state index contributed by atoms with van der Waals surface area (Å²) in [6.07, 6.45) is 0.503. The van der Waals surface area contributed by atoms with Gasteiger partial charge < -0.3 is 10.2 Å². The van der Waals surface area contributed by atoms with Gasteiger partial charge in [0.05, 0.1) is 5.75 Å². The lowest BCUT2D eigenvalue weighted by molar-refractivity contribution is -0.139. The van der Waals surface area contributed by atoms with Crippen molar-refractivity contribution in [2.45, 2.75) is 45.5 Å². The quantitative estimate of drug-likeness (QED) is 0.373. The van der Waals surface area contributed by atoms with Crippen LogP contribution in [0.3, 0.4) is 0 Å². The lowest BCUT2D eigenvalue weighted by Crippen LogP contribution is -2.50. The van der Waals surface area contributed by atoms with Gasteiger partial charge in [-0.15, -0.1) is 11.8 Å². The molecule has 0 heterocycles. The molecule has 0 aliphatic carbocycles. The fourth-order valence-electron chi connectivity index (χ4n) is 3.10. The SMILES string of the molecule is CC[C@@H](C(=O)NCC(C)C)N(Cc1ccc(Cl)cc1Cl)C(=O)CSCc1ccc(Cl)cc1. The Hall–Kier alpha value is -1.40. The Balaban J connectivity index is 2.15. The molecule has 0 aliphatic rings. The highest BCUT2D eigenvalue weighted by molar-refractivity contribution is 7.99. The first-order chi connectivity index (χ1) is 15.2. The van der Waals surface area contributed by atoms with Gasteiger partial charge in [0.1, 0.15) is 6.04 Å². The van der Waals surface area contributed by atoms with E-state index in [1.54, 1.807) is 23.1 Å². The van der Waals surface area contributed by atoms with E-state index >= 15 is 0 Å². The molecule has 0 aromatic heterocycles. The van der Waals surface area contributed by atoms with Gasteiger partial charge in [0.2, 0.25) is 11.8 Å². The molecule has 0 saturated carbocycles. The Kier molecular flexibility index (Phi) is 11.2. The third-order valence-electron chi connectivity index (χ3n) is 4.83. The molecular formula is C24H29Cl3N2O2S. The second-order valence-corrected chi connectivity index (χ2v) is 10.2. The monoisotopic (exact) mass is 514 g/mol. The Bertz CT molecular complexity index is 907. The molecule has 0 radical (unpaired) electrons. The van der Waals surface area contributed by atoms with Crippen molar-refractivity contribution in [3.8, 4) is 0 Å². The van der Waals surface area contributed by atoms with Crippen molar-refractivity contribution in [1.29, 1.82) is 0 Å². The maximum atomic E-state index is 13.2. The van der Waals surface area contributed by atoms with Crippen LogP contribution in [0.1, 0.15) is 38.3 Å². The van der Waals surface area contributed by atoms with E-state index in [0.29, 0.717) is 39.7 Å². The standard InChI is InChI=1S/C24H29Cl3N2O2S/c1-4-22(24(31)28-12-16(2)3)29(13-18-7-10-20(26)11-21(18)27)23(30)15-32-14-17-5-8-19(25)9-6-17/h5-11,16,22H,4,12-15H2,1-3H3,(H,28,31)/t22-/m0/s1. The Morgan fingerprint density at radius 2 is 1.69 bits per heavy atom. The van der Waals surface area contributed by atoms with Crippen LogP contribution in [0.2, 0.25) is 15.1 Å². The molecule has 2 aromatic carbocycles. The van der Waals surface area contributed by atoms with Crippen LogP contribution >= 0.6 is 46.6 Å². The van der Waals surface area contributed by atoms with Crippen LogP contribution < -0.4 is 5.32 Å². The highest BCUT2D eigenvalue weighted by atomic mass is 35.5. The lowest BCUT2D eigenvalue weighted by Gasteiger charge is -2.31. The summed E-state index contributed by atoms with van der Waals surface area (Å²) in [4.78, 5) is 27.8. The van der Waals surface area contributed by atoms with E-state index in [0.717, 1.165) is 11.1 Å². The summed E-state index contributed by atoms with van der Waals surface area (Å²) in [6.45, 7) is 6.77. The zero-order chi connectivity index (χ0) is 23.7. The van der Waals surface area contributed by atoms with E-state index in [1.165, 1.54) is 11.8 Å². The van der Waals surface area contributed by atoms with E-state index in [9.17, 15) is 9.59 Å². The second kappa shape index (κ2) is 13.3. The van der Waals surface area contributed by atoms with Crippen molar-refractivity contribution >= 4 is 58.4 Å². The fraction of sp³-hybridized carbons (Fsp3) is 0.417. The maximum Gasteiger partial charge on any atom is 0.242 e. The predicted molar refractivity (Wildman–Crippen MR) is 137 cm³/mol. The summed E-state index contributed by atoms with van der Waals surface area (Å²) in [7, 11) is 0. The van der Waals surface area contributed by atoms with Crippen molar-refractivity contribution in [3.05, 3.63) is 68.7 Å². The highest BCUT2D eigenvalue weighted by Gasteiger charge is 2.29. The first kappa shape index (κ1) is 26.8. The lowest BCUT2D eigenvalue weighted by atomic mass is 10.1. The normalized spacial score (nSPS) is 12.0. The number of rotatable bonds is 11. The summed E-state index contributed by atoms with van der Waals surface area (Å²) in [5.74, 6) is 0.987. The summed E-state index contributed by atoms with van der Waals surface area (Å²) in [6, 6.07) is 12.2. The third kappa shape index (κ3) is 8.51. The van der Waals surface area contributed by atoms with Crippen molar-refractivity contribution in [1.82, 2.24) is 10.2 Å². The molecule has 0 fully saturated rings. The molecule has 174 valence electrons. The molecule has 32 heavy (non-hydrogen) atoms. The van der Waals surface area contributed by atoms with Gasteiger partial charge in [0.25, 0.3) is 0 Å². The van der Waals surface area contributed by atoms with Crippen molar-refractivity contribution < 1.29 is 9.59 Å². The van der Waals surface area contributed by atoms with E-state index in [4.69, 9.17) is 34.8 Å². The molecule has 2 amide bonds. The molecule has 0 unspecified atom stereocenters. The minimum absolute atomic E-state index is 0.110. The predicted octanol–water partition coefficient (Wildman–Crippen LogP) is 6.46. The molecular weight excluding hydrogens is 487 g/mol. The minimum Gasteiger partial charge on any atom is -0.354 e. The zero-order valence-electron chi connectivity index (χ0n) is 18.5. The average molecular weight is 516 g/mol. The van der Waals surface area contributed by atoms with Gasteiger partial charge in [-0.25, -0.2) is 0 Å². The van der Waals surface area contributed by atoms with Crippen LogP contribution in [0.25, 0.3) is 0 Å². The molecule has 1 atom stereocenters. The number of nitrogens with zero attached hydrogens (tertiary/aromatic N) is 1. The van der Waals surface area contributed by atoms with Gasteiger partial charge in [-0.05, 0) is 47.7 Å².